The van der Waals surface area contributed by atoms with Crippen molar-refractivity contribution in [2.24, 2.45) is 0 Å². The van der Waals surface area contributed by atoms with Crippen molar-refractivity contribution in [1.82, 2.24) is 0 Å². The molecular weight excluding hydrogens is 508 g/mol. The molecule has 0 radical (unpaired) electrons. The zero-order valence-electron chi connectivity index (χ0n) is 12.7. The van der Waals surface area contributed by atoms with Crippen LogP contribution >= 0.6 is 0 Å². The molecule has 0 aliphatic rings. The Balaban J connectivity index is 7.04. The maximum Gasteiger partial charge on any atom is 0.460 e. The minimum atomic E-state index is -8.81. The molecule has 180 valence electrons. The van der Waals surface area contributed by atoms with Crippen LogP contribution in [0.25, 0.3) is 0 Å². The standard InChI is InChI=1S/C9H2F16O4S/c10-2(1-26,30(27,28)29)3(11,12)4(13,14)5(15,16)6(17,18)7(19,20)8(21,22)9(23,24)25/h1H,(H,27,28,29). The van der Waals surface area contributed by atoms with Crippen molar-refractivity contribution < 1.29 is 88.0 Å². The van der Waals surface area contributed by atoms with Crippen LogP contribution in [0.4, 0.5) is 70.2 Å². The van der Waals surface area contributed by atoms with E-state index in [1.807, 2.05) is 0 Å². The molecule has 0 bridgehead atoms. The van der Waals surface area contributed by atoms with Gasteiger partial charge in [0.15, 0.2) is 6.29 Å². The molecule has 1 N–H and O–H groups in total. The number of hydrogen-bond donors (Lipinski definition) is 1. The molecule has 1 unspecified atom stereocenters. The van der Waals surface area contributed by atoms with Gasteiger partial charge in [-0.1, -0.05) is 0 Å². The number of alkyl halides is 16. The van der Waals surface area contributed by atoms with Crippen LogP contribution in [-0.2, 0) is 14.9 Å². The second-order valence-electron chi connectivity index (χ2n) is 5.18. The second kappa shape index (κ2) is 6.73. The van der Waals surface area contributed by atoms with Crippen molar-refractivity contribution in [3.63, 3.8) is 0 Å². The van der Waals surface area contributed by atoms with Crippen molar-refractivity contribution in [3.8, 4) is 0 Å². The molecule has 0 saturated heterocycles. The Morgan fingerprint density at radius 2 is 0.733 bits per heavy atom. The van der Waals surface area contributed by atoms with E-state index < -0.39 is 63.1 Å². The summed E-state index contributed by atoms with van der Waals surface area (Å²) >= 11 is 0. The predicted octanol–water partition coefficient (Wildman–Crippen LogP) is 4.11. The molecule has 0 rings (SSSR count). The fraction of sp³-hybridized carbons (Fsp3) is 0.889. The van der Waals surface area contributed by atoms with Crippen LogP contribution in [0.2, 0.25) is 0 Å². The van der Waals surface area contributed by atoms with E-state index in [9.17, 15) is 83.5 Å². The number of rotatable bonds is 8. The molecule has 0 aliphatic carbocycles. The minimum absolute atomic E-state index is 2.59. The van der Waals surface area contributed by atoms with Crippen molar-refractivity contribution in [2.45, 2.75) is 46.7 Å². The van der Waals surface area contributed by atoms with Crippen LogP contribution in [0.3, 0.4) is 0 Å². The Morgan fingerprint density at radius 3 is 0.933 bits per heavy atom. The van der Waals surface area contributed by atoms with Gasteiger partial charge in [-0.25, -0.2) is 4.39 Å². The zero-order valence-corrected chi connectivity index (χ0v) is 13.5. The Kier molecular flexibility index (Phi) is 6.38. The van der Waals surface area contributed by atoms with E-state index in [0.29, 0.717) is 0 Å². The summed E-state index contributed by atoms with van der Waals surface area (Å²) in [5.74, 6) is -51.3. The first-order valence-corrected chi connectivity index (χ1v) is 7.46. The number of hydrogen-bond acceptors (Lipinski definition) is 3. The third-order valence-electron chi connectivity index (χ3n) is 3.28. The Bertz CT molecular complexity index is 783. The largest absolute Gasteiger partial charge is 0.460 e. The van der Waals surface area contributed by atoms with Crippen LogP contribution in [0.15, 0.2) is 0 Å². The molecule has 0 amide bonds. The van der Waals surface area contributed by atoms with E-state index in [1.165, 1.54) is 0 Å². The topological polar surface area (TPSA) is 71.4 Å². The van der Waals surface area contributed by atoms with Gasteiger partial charge < -0.3 is 0 Å². The first-order chi connectivity index (χ1) is 12.6. The number of carbonyl (C=O) groups excluding carboxylic acids is 1. The van der Waals surface area contributed by atoms with Gasteiger partial charge in [-0.05, 0) is 0 Å². The molecule has 0 aliphatic heterocycles. The summed E-state index contributed by atoms with van der Waals surface area (Å²) in [5, 5.41) is -6.98. The summed E-state index contributed by atoms with van der Waals surface area (Å²) in [7, 11) is -7.61. The third kappa shape index (κ3) is 3.18. The normalized spacial score (nSPS) is 18.2. The third-order valence-corrected chi connectivity index (χ3v) is 4.39. The molecule has 30 heavy (non-hydrogen) atoms. The quantitative estimate of drug-likeness (QED) is 0.303. The van der Waals surface area contributed by atoms with Gasteiger partial charge >= 0.3 is 56.8 Å². The molecule has 0 aromatic rings. The fourth-order valence-electron chi connectivity index (χ4n) is 1.48. The highest BCUT2D eigenvalue weighted by Gasteiger charge is 2.95. The van der Waals surface area contributed by atoms with Crippen molar-refractivity contribution in [2.75, 3.05) is 0 Å². The minimum Gasteiger partial charge on any atom is -0.298 e. The average Bonchev–Trinajstić information content (AvgIpc) is 2.50. The molecule has 0 saturated carbocycles. The summed E-state index contributed by atoms with van der Waals surface area (Å²) in [6.07, 6.45) is -10.5. The van der Waals surface area contributed by atoms with Gasteiger partial charge in [0, 0.05) is 0 Å². The SMILES string of the molecule is O=CC(F)(C(F)(F)C(F)(F)C(F)(F)C(F)(F)C(F)(F)C(F)(F)C(F)(F)F)S(=O)(=O)O. The first kappa shape index (κ1) is 28.5. The first-order valence-electron chi connectivity index (χ1n) is 6.02. The fourth-order valence-corrected chi connectivity index (χ4v) is 2.05. The lowest BCUT2D eigenvalue weighted by molar-refractivity contribution is -0.454. The highest BCUT2D eigenvalue weighted by atomic mass is 32.2. The maximum absolute atomic E-state index is 13.4. The van der Waals surface area contributed by atoms with Gasteiger partial charge in [-0.2, -0.15) is 74.3 Å². The highest BCUT2D eigenvalue weighted by molar-refractivity contribution is 7.87. The van der Waals surface area contributed by atoms with Gasteiger partial charge in [0.05, 0.1) is 0 Å². The van der Waals surface area contributed by atoms with Gasteiger partial charge in [-0.15, -0.1) is 0 Å². The van der Waals surface area contributed by atoms with E-state index >= 15 is 0 Å². The number of halogens is 16. The summed E-state index contributed by atoms with van der Waals surface area (Å²) in [6.45, 7) is 0. The molecule has 0 fully saturated rings. The van der Waals surface area contributed by atoms with E-state index in [2.05, 4.69) is 0 Å². The van der Waals surface area contributed by atoms with E-state index in [-0.39, 0.29) is 0 Å². The molecular formula is C9H2F16O4S. The highest BCUT2D eigenvalue weighted by Crippen LogP contribution is 2.63. The monoisotopic (exact) mass is 510 g/mol. The van der Waals surface area contributed by atoms with Crippen LogP contribution < -0.4 is 0 Å². The van der Waals surface area contributed by atoms with Crippen molar-refractivity contribution in [3.05, 3.63) is 0 Å². The average molecular weight is 510 g/mol. The van der Waals surface area contributed by atoms with Gasteiger partial charge in [0.25, 0.3) is 0 Å². The molecule has 0 aromatic carbocycles. The van der Waals surface area contributed by atoms with E-state index in [0.717, 1.165) is 0 Å². The number of aldehydes is 1. The summed E-state index contributed by atoms with van der Waals surface area (Å²) in [5.41, 5.74) is 0. The predicted molar refractivity (Wildman–Crippen MR) is 57.2 cm³/mol. The maximum atomic E-state index is 13.4. The van der Waals surface area contributed by atoms with Crippen LogP contribution in [0, 0.1) is 0 Å². The van der Waals surface area contributed by atoms with Gasteiger partial charge in [-0.3, -0.25) is 9.35 Å². The lowest BCUT2D eigenvalue weighted by Gasteiger charge is -2.42. The summed E-state index contributed by atoms with van der Waals surface area (Å²) < 4.78 is 234. The van der Waals surface area contributed by atoms with Crippen LogP contribution in [0.5, 0.6) is 0 Å². The van der Waals surface area contributed by atoms with Crippen LogP contribution in [0.1, 0.15) is 0 Å². The van der Waals surface area contributed by atoms with E-state index in [1.54, 1.807) is 0 Å². The summed E-state index contributed by atoms with van der Waals surface area (Å²) in [4.78, 5) is 10.1. The molecule has 0 aromatic heterocycles. The summed E-state index contributed by atoms with van der Waals surface area (Å²) in [6, 6.07) is 0. The molecule has 1 atom stereocenters. The number of carbonyl (C=O) groups is 1. The molecule has 4 nitrogen and oxygen atoms in total. The Hall–Kier alpha value is -1.54. The molecule has 21 heteroatoms. The van der Waals surface area contributed by atoms with Crippen LogP contribution in [-0.4, -0.2) is 66.0 Å². The zero-order chi connectivity index (χ0) is 25.2. The van der Waals surface area contributed by atoms with Gasteiger partial charge in [0.2, 0.25) is 0 Å². The Morgan fingerprint density at radius 1 is 0.500 bits per heavy atom. The second-order valence-corrected chi connectivity index (χ2v) is 6.73. The lowest BCUT2D eigenvalue weighted by Crippen LogP contribution is -2.75. The van der Waals surface area contributed by atoms with E-state index in [4.69, 9.17) is 4.55 Å². The molecule has 0 heterocycles. The smallest absolute Gasteiger partial charge is 0.298 e. The lowest BCUT2D eigenvalue weighted by atomic mass is 9.89. The molecule has 0 spiro atoms. The Labute approximate surface area is 152 Å². The van der Waals surface area contributed by atoms with Crippen molar-refractivity contribution >= 4 is 16.4 Å². The van der Waals surface area contributed by atoms with Crippen molar-refractivity contribution in [1.29, 1.82) is 0 Å². The van der Waals surface area contributed by atoms with Gasteiger partial charge in [0.1, 0.15) is 0 Å².